The minimum Gasteiger partial charge on any atom is -0.325 e. The van der Waals surface area contributed by atoms with E-state index in [0.29, 0.717) is 16.8 Å². The molecule has 1 heterocycles. The highest BCUT2D eigenvalue weighted by Crippen LogP contribution is 2.32. The Hall–Kier alpha value is -1.37. The first-order chi connectivity index (χ1) is 8.79. The summed E-state index contributed by atoms with van der Waals surface area (Å²) in [6.07, 6.45) is 0.162. The van der Waals surface area contributed by atoms with Crippen LogP contribution in [0.5, 0.6) is 0 Å². The maximum Gasteiger partial charge on any atom is 0.242 e. The highest BCUT2D eigenvalue weighted by atomic mass is 35.5. The van der Waals surface area contributed by atoms with Crippen molar-refractivity contribution in [1.29, 1.82) is 0 Å². The number of fused-ring (bicyclic) bond motifs is 1. The van der Waals surface area contributed by atoms with Gasteiger partial charge in [-0.05, 0) is 24.6 Å². The molecule has 0 unspecified atom stereocenters. The third kappa shape index (κ3) is 2.97. The summed E-state index contributed by atoms with van der Waals surface area (Å²) >= 11 is 5.96. The number of benzene rings is 1. The number of rotatable bonds is 4. The summed E-state index contributed by atoms with van der Waals surface area (Å²) in [5.74, 6) is -0.171. The van der Waals surface area contributed by atoms with E-state index in [0.717, 1.165) is 0 Å². The van der Waals surface area contributed by atoms with E-state index in [1.54, 1.807) is 6.92 Å². The van der Waals surface area contributed by atoms with Crippen LogP contribution < -0.4 is 10.0 Å². The van der Waals surface area contributed by atoms with Crippen LogP contribution in [-0.4, -0.2) is 20.9 Å². The van der Waals surface area contributed by atoms with Gasteiger partial charge in [0.25, 0.3) is 0 Å². The number of hydrogen-bond donors (Lipinski definition) is 2. The van der Waals surface area contributed by atoms with Gasteiger partial charge in [0, 0.05) is 12.2 Å². The fourth-order valence-electron chi connectivity index (χ4n) is 1.73. The normalized spacial score (nSPS) is 14.1. The summed E-state index contributed by atoms with van der Waals surface area (Å²) in [6.45, 7) is 5.49. The van der Waals surface area contributed by atoms with Gasteiger partial charge in [-0.25, -0.2) is 13.1 Å². The molecule has 1 amide bonds. The molecule has 0 aliphatic carbocycles. The first-order valence-electron chi connectivity index (χ1n) is 5.56. The molecule has 0 saturated heterocycles. The van der Waals surface area contributed by atoms with Crippen molar-refractivity contribution in [3.8, 4) is 0 Å². The molecule has 0 saturated carbocycles. The summed E-state index contributed by atoms with van der Waals surface area (Å²) < 4.78 is 26.6. The van der Waals surface area contributed by atoms with Gasteiger partial charge >= 0.3 is 0 Å². The second kappa shape index (κ2) is 4.96. The third-order valence-corrected chi connectivity index (χ3v) is 4.50. The molecule has 0 bridgehead atoms. The van der Waals surface area contributed by atoms with E-state index >= 15 is 0 Å². The number of hydrogen-bond acceptors (Lipinski definition) is 3. The summed E-state index contributed by atoms with van der Waals surface area (Å²) in [7, 11) is -3.71. The number of anilines is 1. The molecule has 1 aliphatic rings. The molecule has 0 atom stereocenters. The number of halogens is 1. The smallest absolute Gasteiger partial charge is 0.242 e. The van der Waals surface area contributed by atoms with E-state index in [4.69, 9.17) is 11.6 Å². The molecule has 5 nitrogen and oxygen atoms in total. The van der Waals surface area contributed by atoms with Crippen LogP contribution in [0.3, 0.4) is 0 Å². The van der Waals surface area contributed by atoms with Crippen LogP contribution in [0.2, 0.25) is 5.02 Å². The number of amides is 1. The second-order valence-electron chi connectivity index (χ2n) is 4.45. The van der Waals surface area contributed by atoms with Crippen LogP contribution in [0.15, 0.2) is 29.2 Å². The van der Waals surface area contributed by atoms with Gasteiger partial charge in [-0.15, -0.1) is 0 Å². The van der Waals surface area contributed by atoms with E-state index in [-0.39, 0.29) is 28.8 Å². The molecule has 1 aromatic rings. The van der Waals surface area contributed by atoms with Gasteiger partial charge in [0.05, 0.1) is 11.4 Å². The fourth-order valence-corrected chi connectivity index (χ4v) is 3.40. The van der Waals surface area contributed by atoms with E-state index < -0.39 is 10.0 Å². The average molecular weight is 301 g/mol. The number of nitrogens with one attached hydrogen (secondary N) is 2. The highest BCUT2D eigenvalue weighted by molar-refractivity contribution is 7.89. The van der Waals surface area contributed by atoms with Crippen molar-refractivity contribution < 1.29 is 13.2 Å². The van der Waals surface area contributed by atoms with Crippen molar-refractivity contribution in [1.82, 2.24) is 4.72 Å². The lowest BCUT2D eigenvalue weighted by molar-refractivity contribution is -0.115. The molecule has 102 valence electrons. The lowest BCUT2D eigenvalue weighted by atomic mass is 10.2. The zero-order valence-corrected chi connectivity index (χ0v) is 11.9. The predicted octanol–water partition coefficient (Wildman–Crippen LogP) is 1.69. The van der Waals surface area contributed by atoms with Gasteiger partial charge < -0.3 is 5.32 Å². The van der Waals surface area contributed by atoms with Crippen LogP contribution in [-0.2, 0) is 21.2 Å². The van der Waals surface area contributed by atoms with Crippen LogP contribution in [0, 0.1) is 0 Å². The maximum atomic E-state index is 12.1. The van der Waals surface area contributed by atoms with E-state index in [2.05, 4.69) is 16.6 Å². The fraction of sp³-hybridized carbons (Fsp3) is 0.250. The van der Waals surface area contributed by atoms with Gasteiger partial charge in [0.2, 0.25) is 15.9 Å². The summed E-state index contributed by atoms with van der Waals surface area (Å²) in [4.78, 5) is 11.2. The largest absolute Gasteiger partial charge is 0.325 e. The zero-order chi connectivity index (χ0) is 14.2. The Morgan fingerprint density at radius 1 is 1.53 bits per heavy atom. The van der Waals surface area contributed by atoms with Crippen LogP contribution in [0.25, 0.3) is 0 Å². The molecule has 1 aromatic carbocycles. The molecule has 1 aliphatic heterocycles. The molecule has 2 rings (SSSR count). The van der Waals surface area contributed by atoms with Gasteiger partial charge in [0.15, 0.2) is 0 Å². The molecule has 0 spiro atoms. The maximum absolute atomic E-state index is 12.1. The topological polar surface area (TPSA) is 75.3 Å². The van der Waals surface area contributed by atoms with Crippen molar-refractivity contribution in [2.24, 2.45) is 0 Å². The lowest BCUT2D eigenvalue weighted by Gasteiger charge is -2.10. The van der Waals surface area contributed by atoms with Crippen LogP contribution in [0.1, 0.15) is 12.5 Å². The van der Waals surface area contributed by atoms with Crippen LogP contribution in [0.4, 0.5) is 5.69 Å². The van der Waals surface area contributed by atoms with E-state index in [1.807, 2.05) is 0 Å². The Labute approximate surface area is 116 Å². The number of carbonyl (C=O) groups is 1. The van der Waals surface area contributed by atoms with Crippen LogP contribution >= 0.6 is 11.6 Å². The Morgan fingerprint density at radius 2 is 2.21 bits per heavy atom. The van der Waals surface area contributed by atoms with E-state index in [9.17, 15) is 13.2 Å². The highest BCUT2D eigenvalue weighted by Gasteiger charge is 2.24. The van der Waals surface area contributed by atoms with Crippen molar-refractivity contribution in [2.75, 3.05) is 11.9 Å². The molecule has 19 heavy (non-hydrogen) atoms. The number of carbonyl (C=O) groups excluding carboxylic acids is 1. The Bertz CT molecular complexity index is 668. The molecule has 0 aromatic heterocycles. The van der Waals surface area contributed by atoms with Crippen molar-refractivity contribution >= 4 is 33.2 Å². The second-order valence-corrected chi connectivity index (χ2v) is 6.59. The quantitative estimate of drug-likeness (QED) is 0.831. The lowest BCUT2D eigenvalue weighted by Crippen LogP contribution is -2.25. The standard InChI is InChI=1S/C12H13ClN2O3S/c1-7(2)6-14-19(17,18)11-3-8-4-12(16)15-10(8)5-9(11)13/h3,5,14H,1,4,6H2,2H3,(H,15,16). The predicted molar refractivity (Wildman–Crippen MR) is 73.8 cm³/mol. The first kappa shape index (κ1) is 14.0. The van der Waals surface area contributed by atoms with Gasteiger partial charge in [-0.3, -0.25) is 4.79 Å². The van der Waals surface area contributed by atoms with E-state index in [1.165, 1.54) is 12.1 Å². The SMILES string of the molecule is C=C(C)CNS(=O)(=O)c1cc2c(cc1Cl)NC(=O)C2. The van der Waals surface area contributed by atoms with Gasteiger partial charge in [-0.2, -0.15) is 0 Å². The molecule has 0 fully saturated rings. The molecule has 0 radical (unpaired) electrons. The number of sulfonamides is 1. The summed E-state index contributed by atoms with van der Waals surface area (Å²) in [5, 5.41) is 2.69. The average Bonchev–Trinajstić information content (AvgIpc) is 2.64. The summed E-state index contributed by atoms with van der Waals surface area (Å²) in [6, 6.07) is 2.88. The minimum atomic E-state index is -3.71. The summed E-state index contributed by atoms with van der Waals surface area (Å²) in [5.41, 5.74) is 1.89. The minimum absolute atomic E-state index is 0.0225. The molecular formula is C12H13ClN2O3S. The van der Waals surface area contributed by atoms with Crippen molar-refractivity contribution in [2.45, 2.75) is 18.2 Å². The monoisotopic (exact) mass is 300 g/mol. The van der Waals surface area contributed by atoms with Crippen molar-refractivity contribution in [3.05, 3.63) is 34.9 Å². The zero-order valence-electron chi connectivity index (χ0n) is 10.3. The van der Waals surface area contributed by atoms with Gasteiger partial charge in [0.1, 0.15) is 4.90 Å². The molecular weight excluding hydrogens is 288 g/mol. The van der Waals surface area contributed by atoms with Crippen molar-refractivity contribution in [3.63, 3.8) is 0 Å². The third-order valence-electron chi connectivity index (χ3n) is 2.64. The first-order valence-corrected chi connectivity index (χ1v) is 7.42. The Morgan fingerprint density at radius 3 is 2.84 bits per heavy atom. The Kier molecular flexibility index (Phi) is 3.66. The Balaban J connectivity index is 2.38. The van der Waals surface area contributed by atoms with Gasteiger partial charge in [-0.1, -0.05) is 23.8 Å². The molecule has 2 N–H and O–H groups in total. The molecule has 7 heteroatoms.